The molecule has 3 aromatic carbocycles. The normalized spacial score (nSPS) is 10.8. The second-order valence-corrected chi connectivity index (χ2v) is 11.1. The average molecular weight is 624 g/mol. The van der Waals surface area contributed by atoms with Crippen molar-refractivity contribution in [1.82, 2.24) is 0 Å². The summed E-state index contributed by atoms with van der Waals surface area (Å²) >= 11 is 0. The fraction of sp³-hybridized carbons (Fsp3) is 0.158. The van der Waals surface area contributed by atoms with Crippen molar-refractivity contribution in [2.75, 3.05) is 38.0 Å². The van der Waals surface area contributed by atoms with Crippen LogP contribution in [0.15, 0.2) is 122 Å². The largest absolute Gasteiger partial charge is 1.00 e. The van der Waals surface area contributed by atoms with E-state index in [1.165, 1.54) is 44.8 Å². The Morgan fingerprint density at radius 2 is 0.682 bits per heavy atom. The number of hydrogen-bond donors (Lipinski definition) is 0. The van der Waals surface area contributed by atoms with E-state index in [4.69, 9.17) is 0 Å². The van der Waals surface area contributed by atoms with Crippen molar-refractivity contribution in [2.24, 2.45) is 0 Å². The molecule has 0 N–H and O–H groups in total. The molecule has 0 saturated carbocycles. The van der Waals surface area contributed by atoms with Gasteiger partial charge in [0.1, 0.15) is 0 Å². The van der Waals surface area contributed by atoms with Gasteiger partial charge in [-0.3, -0.25) is 0 Å². The van der Waals surface area contributed by atoms with Gasteiger partial charge in [-0.1, -0.05) is 72.8 Å². The molecule has 6 heteroatoms. The maximum absolute atomic E-state index is 2.23. The number of nitrogens with zero attached hydrogens (tertiary/aromatic N) is 4. The van der Waals surface area contributed by atoms with Crippen LogP contribution in [0.5, 0.6) is 0 Å². The number of anilines is 2. The van der Waals surface area contributed by atoms with E-state index in [1.807, 2.05) is 0 Å². The topological polar surface area (TPSA) is 14.2 Å². The fourth-order valence-corrected chi connectivity index (χ4v) is 4.69. The maximum Gasteiger partial charge on any atom is 0.173 e. The molecule has 4 nitrogen and oxygen atoms in total. The van der Waals surface area contributed by atoms with Crippen LogP contribution in [0.1, 0.15) is 33.4 Å². The van der Waals surface area contributed by atoms with Gasteiger partial charge in [-0.15, -0.1) is 0 Å². The Labute approximate surface area is 275 Å². The van der Waals surface area contributed by atoms with Crippen LogP contribution in [0, 0.1) is 0 Å². The maximum atomic E-state index is 2.23. The third-order valence-electron chi connectivity index (χ3n) is 7.34. The molecule has 0 radical (unpaired) electrons. The summed E-state index contributed by atoms with van der Waals surface area (Å²) in [5.74, 6) is 0. The molecule has 0 bridgehead atoms. The van der Waals surface area contributed by atoms with E-state index in [0.29, 0.717) is 0 Å². The summed E-state index contributed by atoms with van der Waals surface area (Å²) in [7, 11) is 8.24. The van der Waals surface area contributed by atoms with Crippen LogP contribution >= 0.6 is 0 Å². The van der Waals surface area contributed by atoms with Gasteiger partial charge in [0.15, 0.2) is 37.9 Å². The predicted octanol–water partition coefficient (Wildman–Crippen LogP) is 0.839. The molecule has 0 aliphatic carbocycles. The summed E-state index contributed by atoms with van der Waals surface area (Å²) in [5.41, 5.74) is 9.77. The van der Waals surface area contributed by atoms with Crippen LogP contribution in [-0.4, -0.2) is 28.2 Å². The lowest BCUT2D eigenvalue weighted by molar-refractivity contribution is -0.689. The van der Waals surface area contributed by atoms with Crippen molar-refractivity contribution in [2.45, 2.75) is 13.1 Å². The monoisotopic (exact) mass is 622 g/mol. The lowest BCUT2D eigenvalue weighted by Gasteiger charge is -2.11. The highest BCUT2D eigenvalue weighted by Gasteiger charge is 2.06. The van der Waals surface area contributed by atoms with Crippen LogP contribution in [0.2, 0.25) is 0 Å². The molecular formula is C38H40Cl2N4. The summed E-state index contributed by atoms with van der Waals surface area (Å²) in [5, 5.41) is 0. The summed E-state index contributed by atoms with van der Waals surface area (Å²) in [4.78, 5) is 4.22. The predicted molar refractivity (Wildman–Crippen MR) is 177 cm³/mol. The smallest absolute Gasteiger partial charge is 0.173 e. The summed E-state index contributed by atoms with van der Waals surface area (Å²) in [6, 6.07) is 34.7. The minimum atomic E-state index is 0. The van der Waals surface area contributed by atoms with E-state index < -0.39 is 0 Å². The highest BCUT2D eigenvalue weighted by molar-refractivity contribution is 5.71. The number of benzene rings is 3. The Bertz CT molecular complexity index is 1500. The van der Waals surface area contributed by atoms with Gasteiger partial charge < -0.3 is 34.6 Å². The standard InChI is InChI=1S/C38H40N4.2ClH/c1-39(2)37-17-13-31(14-18-37)5-7-33-21-25-41(26-22-33)29-35-9-11-36(12-10-35)30-42-27-23-34(24-28-42)8-6-32-15-19-38(20-16-32)40(3)4;;/h5-28H,29-30H2,1-4H3;2*1H/q+2;;/p-2. The summed E-state index contributed by atoms with van der Waals surface area (Å²) < 4.78 is 4.44. The molecule has 0 saturated heterocycles. The van der Waals surface area contributed by atoms with E-state index in [9.17, 15) is 0 Å². The van der Waals surface area contributed by atoms with Crippen molar-refractivity contribution >= 4 is 35.7 Å². The Kier molecular flexibility index (Phi) is 12.8. The zero-order valence-electron chi connectivity index (χ0n) is 25.8. The Morgan fingerprint density at radius 1 is 0.409 bits per heavy atom. The van der Waals surface area contributed by atoms with Crippen LogP contribution < -0.4 is 43.7 Å². The van der Waals surface area contributed by atoms with Crippen molar-refractivity contribution in [3.63, 3.8) is 0 Å². The lowest BCUT2D eigenvalue weighted by atomic mass is 10.1. The third kappa shape index (κ3) is 9.84. The molecule has 5 rings (SSSR count). The SMILES string of the molecule is CN(C)c1ccc(/C=C/c2cc[n+](Cc3ccc(C[n+]4ccc(/C=C/c5ccc(N(C)C)cc5)cc4)cc3)cc2)cc1.[Cl-].[Cl-]. The molecule has 226 valence electrons. The molecule has 0 fully saturated rings. The minimum absolute atomic E-state index is 0. The van der Waals surface area contributed by atoms with Crippen LogP contribution in [0.3, 0.4) is 0 Å². The Hall–Kier alpha value is -4.38. The molecule has 2 aromatic heterocycles. The number of aromatic nitrogens is 2. The van der Waals surface area contributed by atoms with Crippen molar-refractivity contribution in [3.05, 3.63) is 155 Å². The molecule has 0 spiro atoms. The van der Waals surface area contributed by atoms with Crippen LogP contribution in [0.25, 0.3) is 24.3 Å². The molecule has 0 amide bonds. The summed E-state index contributed by atoms with van der Waals surface area (Å²) in [6.07, 6.45) is 17.2. The Balaban J connectivity index is 0.00000264. The molecule has 44 heavy (non-hydrogen) atoms. The van der Waals surface area contributed by atoms with Gasteiger partial charge in [-0.05, 0) is 46.5 Å². The van der Waals surface area contributed by atoms with Crippen molar-refractivity contribution < 1.29 is 33.9 Å². The van der Waals surface area contributed by atoms with Gasteiger partial charge in [0.2, 0.25) is 0 Å². The van der Waals surface area contributed by atoms with E-state index in [1.54, 1.807) is 0 Å². The van der Waals surface area contributed by atoms with Crippen LogP contribution in [0.4, 0.5) is 11.4 Å². The zero-order chi connectivity index (χ0) is 29.3. The first-order valence-electron chi connectivity index (χ1n) is 14.4. The molecule has 0 unspecified atom stereocenters. The number of rotatable bonds is 10. The van der Waals surface area contributed by atoms with Gasteiger partial charge in [0.05, 0.1) is 0 Å². The highest BCUT2D eigenvalue weighted by atomic mass is 35.5. The summed E-state index contributed by atoms with van der Waals surface area (Å²) in [6.45, 7) is 1.70. The highest BCUT2D eigenvalue weighted by Crippen LogP contribution is 2.16. The molecule has 5 aromatic rings. The molecule has 0 aliphatic rings. The third-order valence-corrected chi connectivity index (χ3v) is 7.34. The van der Waals surface area contributed by atoms with Gasteiger partial charge in [-0.2, -0.15) is 0 Å². The first-order chi connectivity index (χ1) is 20.4. The molecule has 0 aliphatic heterocycles. The number of halogens is 2. The van der Waals surface area contributed by atoms with Crippen molar-refractivity contribution in [3.8, 4) is 0 Å². The van der Waals surface area contributed by atoms with E-state index in [0.717, 1.165) is 13.1 Å². The fourth-order valence-electron chi connectivity index (χ4n) is 4.69. The lowest BCUT2D eigenvalue weighted by Crippen LogP contribution is -3.00. The second kappa shape index (κ2) is 16.5. The first-order valence-corrected chi connectivity index (χ1v) is 14.4. The quantitative estimate of drug-likeness (QED) is 0.214. The first kappa shape index (κ1) is 34.1. The molecule has 2 heterocycles. The van der Waals surface area contributed by atoms with Gasteiger partial charge in [-0.25, -0.2) is 9.13 Å². The van der Waals surface area contributed by atoms with Gasteiger partial charge in [0, 0.05) is 75.0 Å². The van der Waals surface area contributed by atoms with Gasteiger partial charge >= 0.3 is 0 Å². The number of hydrogen-bond acceptors (Lipinski definition) is 2. The van der Waals surface area contributed by atoms with Gasteiger partial charge in [0.25, 0.3) is 0 Å². The zero-order valence-corrected chi connectivity index (χ0v) is 27.3. The average Bonchev–Trinajstić information content (AvgIpc) is 3.02. The Morgan fingerprint density at radius 3 is 0.955 bits per heavy atom. The number of pyridine rings is 2. The molecular weight excluding hydrogens is 583 g/mol. The van der Waals surface area contributed by atoms with E-state index >= 15 is 0 Å². The second-order valence-electron chi connectivity index (χ2n) is 11.1. The minimum Gasteiger partial charge on any atom is -1.00 e. The van der Waals surface area contributed by atoms with E-state index in [2.05, 4.69) is 193 Å². The molecule has 0 atom stereocenters. The van der Waals surface area contributed by atoms with Crippen molar-refractivity contribution in [1.29, 1.82) is 0 Å². The van der Waals surface area contributed by atoms with Crippen LogP contribution in [-0.2, 0) is 13.1 Å². The van der Waals surface area contributed by atoms with E-state index in [-0.39, 0.29) is 24.8 Å².